The summed E-state index contributed by atoms with van der Waals surface area (Å²) in [4.78, 5) is 35.2. The zero-order valence-corrected chi connectivity index (χ0v) is 15.4. The number of anilines is 1. The molecule has 27 heavy (non-hydrogen) atoms. The molecule has 0 saturated heterocycles. The molecule has 0 aliphatic carbocycles. The van der Waals surface area contributed by atoms with E-state index in [1.54, 1.807) is 18.2 Å². The van der Waals surface area contributed by atoms with Crippen molar-refractivity contribution < 1.29 is 23.5 Å². The van der Waals surface area contributed by atoms with E-state index in [1.807, 2.05) is 0 Å². The minimum atomic E-state index is -0.684. The van der Waals surface area contributed by atoms with Gasteiger partial charge in [-0.2, -0.15) is 0 Å². The first kappa shape index (κ1) is 20.7. The number of hydrogen-bond acceptors (Lipinski definition) is 4. The second-order valence-electron chi connectivity index (χ2n) is 5.37. The molecule has 0 aliphatic rings. The van der Waals surface area contributed by atoms with Crippen LogP contribution in [0, 0.1) is 5.82 Å². The average molecular weight is 413 g/mol. The molecule has 0 bridgehead atoms. The van der Waals surface area contributed by atoms with E-state index in [0.29, 0.717) is 21.3 Å². The SMILES string of the molecule is O=C(COC(=O)Cc1c(Cl)cccc1Cl)NCC(=O)Nc1ccc(F)cc1. The van der Waals surface area contributed by atoms with E-state index in [-0.39, 0.29) is 13.0 Å². The summed E-state index contributed by atoms with van der Waals surface area (Å²) >= 11 is 11.9. The zero-order valence-electron chi connectivity index (χ0n) is 13.9. The topological polar surface area (TPSA) is 84.5 Å². The van der Waals surface area contributed by atoms with Crippen LogP contribution in [0.25, 0.3) is 0 Å². The van der Waals surface area contributed by atoms with Gasteiger partial charge in [0.2, 0.25) is 5.91 Å². The van der Waals surface area contributed by atoms with Gasteiger partial charge in [0.05, 0.1) is 13.0 Å². The van der Waals surface area contributed by atoms with Crippen molar-refractivity contribution in [3.63, 3.8) is 0 Å². The maximum Gasteiger partial charge on any atom is 0.310 e. The van der Waals surface area contributed by atoms with E-state index >= 15 is 0 Å². The molecule has 0 unspecified atom stereocenters. The van der Waals surface area contributed by atoms with Gasteiger partial charge < -0.3 is 15.4 Å². The van der Waals surface area contributed by atoms with Crippen molar-refractivity contribution in [2.45, 2.75) is 6.42 Å². The van der Waals surface area contributed by atoms with E-state index in [1.165, 1.54) is 24.3 Å². The second-order valence-corrected chi connectivity index (χ2v) is 6.18. The number of benzene rings is 2. The van der Waals surface area contributed by atoms with Gasteiger partial charge in [0.25, 0.3) is 5.91 Å². The fourth-order valence-electron chi connectivity index (χ4n) is 2.01. The molecule has 142 valence electrons. The molecule has 0 aromatic heterocycles. The Balaban J connectivity index is 1.71. The number of esters is 1. The fraction of sp³-hybridized carbons (Fsp3) is 0.167. The first-order valence-corrected chi connectivity index (χ1v) is 8.51. The molecule has 2 N–H and O–H groups in total. The van der Waals surface area contributed by atoms with Crippen molar-refractivity contribution in [1.29, 1.82) is 0 Å². The van der Waals surface area contributed by atoms with Gasteiger partial charge in [0, 0.05) is 21.3 Å². The van der Waals surface area contributed by atoms with Crippen LogP contribution in [0.1, 0.15) is 5.56 Å². The maximum absolute atomic E-state index is 12.8. The summed E-state index contributed by atoms with van der Waals surface area (Å²) in [7, 11) is 0. The number of nitrogens with one attached hydrogen (secondary N) is 2. The molecule has 2 rings (SSSR count). The van der Waals surface area contributed by atoms with Crippen LogP contribution < -0.4 is 10.6 Å². The van der Waals surface area contributed by atoms with E-state index in [9.17, 15) is 18.8 Å². The number of rotatable bonds is 7. The number of halogens is 3. The fourth-order valence-corrected chi connectivity index (χ4v) is 2.54. The van der Waals surface area contributed by atoms with Crippen molar-refractivity contribution in [1.82, 2.24) is 5.32 Å². The van der Waals surface area contributed by atoms with Gasteiger partial charge in [-0.3, -0.25) is 14.4 Å². The third-order valence-corrected chi connectivity index (χ3v) is 4.03. The molecule has 2 aromatic carbocycles. The summed E-state index contributed by atoms with van der Waals surface area (Å²) in [5.41, 5.74) is 0.795. The Morgan fingerprint density at radius 3 is 2.22 bits per heavy atom. The van der Waals surface area contributed by atoms with Crippen LogP contribution >= 0.6 is 23.2 Å². The molecule has 0 atom stereocenters. The lowest BCUT2D eigenvalue weighted by molar-refractivity contribution is -0.147. The third-order valence-electron chi connectivity index (χ3n) is 3.32. The van der Waals surface area contributed by atoms with E-state index in [2.05, 4.69) is 10.6 Å². The molecule has 0 heterocycles. The summed E-state index contributed by atoms with van der Waals surface area (Å²) in [5, 5.41) is 5.42. The summed E-state index contributed by atoms with van der Waals surface area (Å²) < 4.78 is 17.6. The number of amides is 2. The first-order chi connectivity index (χ1) is 12.8. The van der Waals surface area contributed by atoms with Crippen LogP contribution in [0.3, 0.4) is 0 Å². The van der Waals surface area contributed by atoms with Gasteiger partial charge in [0.1, 0.15) is 5.82 Å². The number of hydrogen-bond donors (Lipinski definition) is 2. The maximum atomic E-state index is 12.8. The quantitative estimate of drug-likeness (QED) is 0.684. The average Bonchev–Trinajstić information content (AvgIpc) is 2.63. The number of carbonyl (C=O) groups excluding carboxylic acids is 3. The molecule has 2 aromatic rings. The first-order valence-electron chi connectivity index (χ1n) is 7.76. The number of ether oxygens (including phenoxy) is 1. The highest BCUT2D eigenvalue weighted by atomic mass is 35.5. The Morgan fingerprint density at radius 1 is 0.963 bits per heavy atom. The highest BCUT2D eigenvalue weighted by molar-refractivity contribution is 6.36. The van der Waals surface area contributed by atoms with Gasteiger partial charge in [-0.25, -0.2) is 4.39 Å². The van der Waals surface area contributed by atoms with Crippen LogP contribution in [0.2, 0.25) is 10.0 Å². The van der Waals surface area contributed by atoms with Gasteiger partial charge in [-0.15, -0.1) is 0 Å². The van der Waals surface area contributed by atoms with Crippen molar-refractivity contribution in [3.05, 3.63) is 63.9 Å². The highest BCUT2D eigenvalue weighted by Crippen LogP contribution is 2.24. The van der Waals surface area contributed by atoms with Crippen LogP contribution in [0.15, 0.2) is 42.5 Å². The van der Waals surface area contributed by atoms with Crippen LogP contribution in [-0.2, 0) is 25.5 Å². The summed E-state index contributed by atoms with van der Waals surface area (Å²) in [5.74, 6) is -2.27. The van der Waals surface area contributed by atoms with Gasteiger partial charge >= 0.3 is 5.97 Å². The van der Waals surface area contributed by atoms with Crippen LogP contribution in [-0.4, -0.2) is 30.9 Å². The van der Waals surface area contributed by atoms with Gasteiger partial charge in [-0.05, 0) is 36.4 Å². The minimum Gasteiger partial charge on any atom is -0.455 e. The molecule has 9 heteroatoms. The second kappa shape index (κ2) is 9.89. The van der Waals surface area contributed by atoms with Crippen molar-refractivity contribution >= 4 is 46.7 Å². The summed E-state index contributed by atoms with van der Waals surface area (Å²) in [6, 6.07) is 9.97. The molecule has 0 radical (unpaired) electrons. The van der Waals surface area contributed by atoms with Crippen molar-refractivity contribution in [3.8, 4) is 0 Å². The van der Waals surface area contributed by atoms with Crippen molar-refractivity contribution in [2.24, 2.45) is 0 Å². The predicted octanol–water partition coefficient (Wildman–Crippen LogP) is 2.97. The van der Waals surface area contributed by atoms with E-state index in [0.717, 1.165) is 0 Å². The molecule has 6 nitrogen and oxygen atoms in total. The standard InChI is InChI=1S/C18H15Cl2FN2O4/c19-14-2-1-3-15(20)13(14)8-18(26)27-10-17(25)22-9-16(24)23-12-6-4-11(21)5-7-12/h1-7H,8-10H2,(H,22,25)(H,23,24). The minimum absolute atomic E-state index is 0.184. The Morgan fingerprint density at radius 2 is 1.59 bits per heavy atom. The molecule has 0 spiro atoms. The lowest BCUT2D eigenvalue weighted by Gasteiger charge is -2.09. The Hall–Kier alpha value is -2.64. The zero-order chi connectivity index (χ0) is 19.8. The van der Waals surface area contributed by atoms with E-state index < -0.39 is 30.2 Å². The van der Waals surface area contributed by atoms with E-state index in [4.69, 9.17) is 27.9 Å². The molecule has 0 aliphatic heterocycles. The lowest BCUT2D eigenvalue weighted by Crippen LogP contribution is -2.35. The summed E-state index contributed by atoms with van der Waals surface area (Å²) in [6.07, 6.45) is -0.184. The van der Waals surface area contributed by atoms with Crippen LogP contribution in [0.4, 0.5) is 10.1 Å². The summed E-state index contributed by atoms with van der Waals surface area (Å²) in [6.45, 7) is -0.880. The third kappa shape index (κ3) is 6.88. The van der Waals surface area contributed by atoms with Gasteiger partial charge in [-0.1, -0.05) is 29.3 Å². The largest absolute Gasteiger partial charge is 0.455 e. The normalized spacial score (nSPS) is 10.2. The number of carbonyl (C=O) groups is 3. The highest BCUT2D eigenvalue weighted by Gasteiger charge is 2.14. The molecular weight excluding hydrogens is 398 g/mol. The molecule has 0 fully saturated rings. The predicted molar refractivity (Wildman–Crippen MR) is 99.2 cm³/mol. The van der Waals surface area contributed by atoms with Crippen molar-refractivity contribution in [2.75, 3.05) is 18.5 Å². The molecule has 0 saturated carbocycles. The lowest BCUT2D eigenvalue weighted by atomic mass is 10.1. The Labute approximate surface area is 164 Å². The molecular formula is C18H15Cl2FN2O4. The molecule has 2 amide bonds. The Kier molecular flexibility index (Phi) is 7.57. The van der Waals surface area contributed by atoms with Crippen LogP contribution in [0.5, 0.6) is 0 Å². The smallest absolute Gasteiger partial charge is 0.310 e. The Bertz CT molecular complexity index is 824. The monoisotopic (exact) mass is 412 g/mol. The van der Waals surface area contributed by atoms with Gasteiger partial charge in [0.15, 0.2) is 6.61 Å².